The summed E-state index contributed by atoms with van der Waals surface area (Å²) < 4.78 is 18.8. The molecule has 0 aromatic carbocycles. The standard InChI is InChI=1S/C16H18FN3O/c1-11-7-12(15-18-9-13(17)10-19-15)8-20-16(11)21-14-5-3-2-4-6-14/h7-10,14H,2-6H2,1H3. The Hall–Kier alpha value is -2.04. The molecule has 3 rings (SSSR count). The molecule has 0 bridgehead atoms. The Kier molecular flexibility index (Phi) is 4.08. The maximum Gasteiger partial charge on any atom is 0.216 e. The zero-order valence-corrected chi connectivity index (χ0v) is 12.1. The van der Waals surface area contributed by atoms with Crippen LogP contribution in [0.5, 0.6) is 5.88 Å². The molecule has 0 radical (unpaired) electrons. The molecule has 0 atom stereocenters. The second-order valence-corrected chi connectivity index (χ2v) is 5.45. The molecule has 0 amide bonds. The van der Waals surface area contributed by atoms with Gasteiger partial charge in [0.05, 0.1) is 12.4 Å². The minimum atomic E-state index is -0.444. The third-order valence-electron chi connectivity index (χ3n) is 3.74. The highest BCUT2D eigenvalue weighted by molar-refractivity contribution is 5.55. The van der Waals surface area contributed by atoms with Crippen molar-refractivity contribution in [3.05, 3.63) is 36.0 Å². The predicted molar refractivity (Wildman–Crippen MR) is 77.5 cm³/mol. The van der Waals surface area contributed by atoms with Gasteiger partial charge in [-0.15, -0.1) is 0 Å². The molecule has 0 saturated heterocycles. The van der Waals surface area contributed by atoms with Gasteiger partial charge in [-0.05, 0) is 38.7 Å². The summed E-state index contributed by atoms with van der Waals surface area (Å²) in [6, 6.07) is 1.93. The molecule has 0 N–H and O–H groups in total. The monoisotopic (exact) mass is 287 g/mol. The third kappa shape index (κ3) is 3.35. The predicted octanol–water partition coefficient (Wildman–Crippen LogP) is 3.70. The normalized spacial score (nSPS) is 15.9. The van der Waals surface area contributed by atoms with Crippen LogP contribution in [0.25, 0.3) is 11.4 Å². The van der Waals surface area contributed by atoms with Crippen LogP contribution in [0.4, 0.5) is 4.39 Å². The minimum absolute atomic E-state index is 0.276. The van der Waals surface area contributed by atoms with E-state index < -0.39 is 5.82 Å². The lowest BCUT2D eigenvalue weighted by Gasteiger charge is -2.23. The Balaban J connectivity index is 1.77. The number of aromatic nitrogens is 3. The van der Waals surface area contributed by atoms with E-state index in [0.717, 1.165) is 36.4 Å². The van der Waals surface area contributed by atoms with Crippen molar-refractivity contribution in [1.29, 1.82) is 0 Å². The van der Waals surface area contributed by atoms with Crippen molar-refractivity contribution in [3.8, 4) is 17.3 Å². The van der Waals surface area contributed by atoms with Crippen LogP contribution in [-0.2, 0) is 0 Å². The number of hydrogen-bond donors (Lipinski definition) is 0. The number of halogens is 1. The van der Waals surface area contributed by atoms with Crippen LogP contribution in [0.3, 0.4) is 0 Å². The summed E-state index contributed by atoms with van der Waals surface area (Å²) in [5, 5.41) is 0. The van der Waals surface area contributed by atoms with Crippen LogP contribution in [0.2, 0.25) is 0 Å². The number of hydrogen-bond acceptors (Lipinski definition) is 4. The van der Waals surface area contributed by atoms with E-state index in [1.54, 1.807) is 6.20 Å². The maximum absolute atomic E-state index is 12.8. The van der Waals surface area contributed by atoms with Gasteiger partial charge in [-0.3, -0.25) is 0 Å². The van der Waals surface area contributed by atoms with Crippen molar-refractivity contribution < 1.29 is 9.13 Å². The molecule has 1 aliphatic carbocycles. The summed E-state index contributed by atoms with van der Waals surface area (Å²) in [4.78, 5) is 12.3. The Bertz CT molecular complexity index is 609. The minimum Gasteiger partial charge on any atom is -0.474 e. The lowest BCUT2D eigenvalue weighted by atomic mass is 9.98. The van der Waals surface area contributed by atoms with Crippen molar-refractivity contribution in [3.63, 3.8) is 0 Å². The number of rotatable bonds is 3. The van der Waals surface area contributed by atoms with Crippen LogP contribution < -0.4 is 4.74 Å². The van der Waals surface area contributed by atoms with Crippen molar-refractivity contribution >= 4 is 0 Å². The molecule has 2 aromatic heterocycles. The molecule has 4 nitrogen and oxygen atoms in total. The fourth-order valence-corrected chi connectivity index (χ4v) is 2.61. The lowest BCUT2D eigenvalue weighted by Crippen LogP contribution is -2.20. The van der Waals surface area contributed by atoms with Crippen LogP contribution >= 0.6 is 0 Å². The molecule has 21 heavy (non-hydrogen) atoms. The smallest absolute Gasteiger partial charge is 0.216 e. The van der Waals surface area contributed by atoms with E-state index in [2.05, 4.69) is 15.0 Å². The molecular formula is C16H18FN3O. The fourth-order valence-electron chi connectivity index (χ4n) is 2.61. The number of pyridine rings is 1. The van der Waals surface area contributed by atoms with Gasteiger partial charge in [0, 0.05) is 17.3 Å². The van der Waals surface area contributed by atoms with Crippen LogP contribution in [0.15, 0.2) is 24.7 Å². The van der Waals surface area contributed by atoms with Crippen molar-refractivity contribution in [1.82, 2.24) is 15.0 Å². The molecule has 1 saturated carbocycles. The molecule has 2 heterocycles. The summed E-state index contributed by atoms with van der Waals surface area (Å²) in [7, 11) is 0. The van der Waals surface area contributed by atoms with Gasteiger partial charge in [-0.1, -0.05) is 6.42 Å². The Morgan fingerprint density at radius 1 is 1.05 bits per heavy atom. The average molecular weight is 287 g/mol. The first-order valence-corrected chi connectivity index (χ1v) is 7.33. The highest BCUT2D eigenvalue weighted by Gasteiger charge is 2.17. The zero-order chi connectivity index (χ0) is 14.7. The molecule has 110 valence electrons. The summed E-state index contributed by atoms with van der Waals surface area (Å²) in [5.41, 5.74) is 1.72. The molecule has 1 aliphatic rings. The third-order valence-corrected chi connectivity index (χ3v) is 3.74. The Morgan fingerprint density at radius 2 is 1.76 bits per heavy atom. The first-order chi connectivity index (χ1) is 10.2. The van der Waals surface area contributed by atoms with E-state index in [9.17, 15) is 4.39 Å². The second-order valence-electron chi connectivity index (χ2n) is 5.45. The lowest BCUT2D eigenvalue weighted by molar-refractivity contribution is 0.147. The molecule has 0 spiro atoms. The summed E-state index contributed by atoms with van der Waals surface area (Å²) in [5.74, 6) is 0.699. The van der Waals surface area contributed by atoms with Crippen molar-refractivity contribution in [2.75, 3.05) is 0 Å². The largest absolute Gasteiger partial charge is 0.474 e. The average Bonchev–Trinajstić information content (AvgIpc) is 2.51. The zero-order valence-electron chi connectivity index (χ0n) is 12.1. The van der Waals surface area contributed by atoms with Crippen LogP contribution in [0.1, 0.15) is 37.7 Å². The van der Waals surface area contributed by atoms with Crippen LogP contribution in [-0.4, -0.2) is 21.1 Å². The highest BCUT2D eigenvalue weighted by atomic mass is 19.1. The highest BCUT2D eigenvalue weighted by Crippen LogP contribution is 2.26. The van der Waals surface area contributed by atoms with Crippen molar-refractivity contribution in [2.24, 2.45) is 0 Å². The van der Waals surface area contributed by atoms with Gasteiger partial charge in [0.1, 0.15) is 6.10 Å². The van der Waals surface area contributed by atoms with Gasteiger partial charge >= 0.3 is 0 Å². The molecule has 0 aliphatic heterocycles. The van der Waals surface area contributed by atoms with E-state index in [4.69, 9.17) is 4.74 Å². The van der Waals surface area contributed by atoms with Crippen LogP contribution in [0, 0.1) is 12.7 Å². The van der Waals surface area contributed by atoms with E-state index in [0.29, 0.717) is 11.7 Å². The van der Waals surface area contributed by atoms with E-state index >= 15 is 0 Å². The number of nitrogens with zero attached hydrogens (tertiary/aromatic N) is 3. The van der Waals surface area contributed by atoms with Gasteiger partial charge < -0.3 is 4.74 Å². The molecular weight excluding hydrogens is 269 g/mol. The maximum atomic E-state index is 12.8. The first-order valence-electron chi connectivity index (χ1n) is 7.33. The summed E-state index contributed by atoms with van der Waals surface area (Å²) >= 11 is 0. The fraction of sp³-hybridized carbons (Fsp3) is 0.438. The summed E-state index contributed by atoms with van der Waals surface area (Å²) in [6.07, 6.45) is 10.2. The Labute approximate surface area is 123 Å². The number of ether oxygens (including phenoxy) is 1. The van der Waals surface area contributed by atoms with E-state index in [1.165, 1.54) is 19.3 Å². The topological polar surface area (TPSA) is 47.9 Å². The van der Waals surface area contributed by atoms with Gasteiger partial charge in [0.25, 0.3) is 0 Å². The second kappa shape index (κ2) is 6.16. The molecule has 1 fully saturated rings. The van der Waals surface area contributed by atoms with E-state index in [-0.39, 0.29) is 6.10 Å². The molecule has 0 unspecified atom stereocenters. The van der Waals surface area contributed by atoms with Gasteiger partial charge in [0.2, 0.25) is 5.88 Å². The molecule has 2 aromatic rings. The first kappa shape index (κ1) is 13.9. The molecule has 5 heteroatoms. The van der Waals surface area contributed by atoms with Crippen molar-refractivity contribution in [2.45, 2.75) is 45.1 Å². The van der Waals surface area contributed by atoms with Gasteiger partial charge in [-0.2, -0.15) is 0 Å². The van der Waals surface area contributed by atoms with Gasteiger partial charge in [0.15, 0.2) is 11.6 Å². The summed E-state index contributed by atoms with van der Waals surface area (Å²) in [6.45, 7) is 1.96. The SMILES string of the molecule is Cc1cc(-c2ncc(F)cn2)cnc1OC1CCCCC1. The van der Waals surface area contributed by atoms with Gasteiger partial charge in [-0.25, -0.2) is 19.3 Å². The quantitative estimate of drug-likeness (QED) is 0.863. The number of aryl methyl sites for hydroxylation is 1. The van der Waals surface area contributed by atoms with E-state index in [1.807, 2.05) is 13.0 Å². The Morgan fingerprint density at radius 3 is 2.43 bits per heavy atom.